The summed E-state index contributed by atoms with van der Waals surface area (Å²) in [6.45, 7) is 5.88. The Labute approximate surface area is 150 Å². The molecule has 26 heavy (non-hydrogen) atoms. The molecule has 0 aliphatic carbocycles. The minimum Gasteiger partial charge on any atom is -0.395 e. The maximum absolute atomic E-state index is 12.5. The fourth-order valence-corrected chi connectivity index (χ4v) is 2.54. The first-order valence-corrected chi connectivity index (χ1v) is 8.21. The van der Waals surface area contributed by atoms with Crippen molar-refractivity contribution in [1.29, 1.82) is 5.41 Å². The Balaban J connectivity index is 2.35. The zero-order valence-corrected chi connectivity index (χ0v) is 14.6. The van der Waals surface area contributed by atoms with Crippen LogP contribution in [0, 0.1) is 5.41 Å². The van der Waals surface area contributed by atoms with Gasteiger partial charge in [0.15, 0.2) is 0 Å². The molecule has 0 aliphatic heterocycles. The van der Waals surface area contributed by atoms with Crippen LogP contribution in [0.1, 0.15) is 19.5 Å². The number of nitrogens with one attached hydrogen (secondary N) is 1. The highest BCUT2D eigenvalue weighted by Gasteiger charge is 2.31. The molecule has 0 atom stereocenters. The molecule has 138 valence electrons. The van der Waals surface area contributed by atoms with Gasteiger partial charge in [-0.1, -0.05) is 12.1 Å². The van der Waals surface area contributed by atoms with E-state index in [-0.39, 0.29) is 11.4 Å². The minimum atomic E-state index is -4.66. The Bertz CT molecular complexity index is 808. The molecule has 0 fully saturated rings. The van der Waals surface area contributed by atoms with E-state index in [0.717, 1.165) is 29.9 Å². The zero-order valence-electron chi connectivity index (χ0n) is 14.6. The van der Waals surface area contributed by atoms with Gasteiger partial charge < -0.3 is 10.6 Å². The summed E-state index contributed by atoms with van der Waals surface area (Å²) >= 11 is 0. The van der Waals surface area contributed by atoms with E-state index in [1.807, 2.05) is 24.3 Å². The Morgan fingerprint density at radius 3 is 2.42 bits per heavy atom. The largest absolute Gasteiger partial charge is 0.430 e. The number of hydrogen-bond acceptors (Lipinski definition) is 4. The molecule has 1 aromatic heterocycles. The normalized spacial score (nSPS) is 12.1. The van der Waals surface area contributed by atoms with Crippen LogP contribution >= 0.6 is 0 Å². The van der Waals surface area contributed by atoms with Crippen molar-refractivity contribution >= 4 is 11.4 Å². The fraction of sp³-hybridized carbons (Fsp3) is 0.263. The van der Waals surface area contributed by atoms with Gasteiger partial charge in [0, 0.05) is 25.0 Å². The molecule has 2 rings (SSSR count). The van der Waals surface area contributed by atoms with E-state index in [1.165, 1.54) is 6.20 Å². The van der Waals surface area contributed by atoms with Crippen LogP contribution in [0.5, 0.6) is 0 Å². The first-order valence-electron chi connectivity index (χ1n) is 8.21. The molecule has 0 radical (unpaired) electrons. The lowest BCUT2D eigenvalue weighted by Crippen LogP contribution is -2.21. The smallest absolute Gasteiger partial charge is 0.395 e. The van der Waals surface area contributed by atoms with E-state index < -0.39 is 11.9 Å². The number of allylic oxidation sites excluding steroid dienone is 2. The van der Waals surface area contributed by atoms with Crippen molar-refractivity contribution in [2.75, 3.05) is 18.0 Å². The summed E-state index contributed by atoms with van der Waals surface area (Å²) in [6.07, 6.45) is -2.61. The summed E-state index contributed by atoms with van der Waals surface area (Å²) in [5.74, 6) is 0. The second-order valence-corrected chi connectivity index (χ2v) is 5.66. The summed E-state index contributed by atoms with van der Waals surface area (Å²) in [5.41, 5.74) is 6.13. The topological polar surface area (TPSA) is 66.0 Å². The third-order valence-corrected chi connectivity index (χ3v) is 3.97. The first-order chi connectivity index (χ1) is 12.3. The van der Waals surface area contributed by atoms with Gasteiger partial charge in [0.25, 0.3) is 0 Å². The van der Waals surface area contributed by atoms with E-state index in [4.69, 9.17) is 11.1 Å². The molecule has 0 saturated carbocycles. The number of benzene rings is 1. The number of nitrogens with two attached hydrogens (primary N) is 1. The van der Waals surface area contributed by atoms with E-state index >= 15 is 0 Å². The summed E-state index contributed by atoms with van der Waals surface area (Å²) in [7, 11) is 0. The van der Waals surface area contributed by atoms with Gasteiger partial charge in [-0.15, -0.1) is 0 Å². The predicted molar refractivity (Wildman–Crippen MR) is 98.4 cm³/mol. The number of hydrogen-bond donors (Lipinski definition) is 2. The van der Waals surface area contributed by atoms with E-state index in [0.29, 0.717) is 6.08 Å². The number of halogens is 3. The van der Waals surface area contributed by atoms with Gasteiger partial charge in [0.05, 0.1) is 11.4 Å². The average molecular weight is 362 g/mol. The molecule has 0 saturated heterocycles. The summed E-state index contributed by atoms with van der Waals surface area (Å²) in [5, 5.41) is 7.84. The molecule has 0 spiro atoms. The number of alkyl halides is 3. The van der Waals surface area contributed by atoms with Crippen molar-refractivity contribution in [1.82, 2.24) is 4.98 Å². The van der Waals surface area contributed by atoms with Crippen LogP contribution in [0.15, 0.2) is 54.4 Å². The summed E-state index contributed by atoms with van der Waals surface area (Å²) in [6, 6.07) is 11.2. The van der Waals surface area contributed by atoms with Gasteiger partial charge in [-0.25, -0.2) is 0 Å². The van der Waals surface area contributed by atoms with E-state index in [9.17, 15) is 13.2 Å². The highest BCUT2D eigenvalue weighted by molar-refractivity contribution is 6.06. The number of anilines is 1. The van der Waals surface area contributed by atoms with Crippen LogP contribution in [0.3, 0.4) is 0 Å². The highest BCUT2D eigenvalue weighted by atomic mass is 19.4. The van der Waals surface area contributed by atoms with Crippen molar-refractivity contribution in [3.05, 3.63) is 60.1 Å². The van der Waals surface area contributed by atoms with Crippen LogP contribution < -0.4 is 10.6 Å². The molecule has 0 bridgehead atoms. The zero-order chi connectivity index (χ0) is 19.3. The third kappa shape index (κ3) is 4.62. The molecule has 0 unspecified atom stereocenters. The lowest BCUT2D eigenvalue weighted by atomic mass is 10.0. The average Bonchev–Trinajstić information content (AvgIpc) is 2.62. The standard InChI is InChI=1S/C19H21F3N4/c1-3-26(4-2)15-7-5-6-13(10-15)14-8-9-25-17(11-14)16(23)12-18(24)19(20,21)22/h5-12,23H,3-4,24H2,1-2H3/b18-12-,23-16?. The van der Waals surface area contributed by atoms with Gasteiger partial charge in [0.2, 0.25) is 0 Å². The van der Waals surface area contributed by atoms with Crippen molar-refractivity contribution in [2.24, 2.45) is 5.73 Å². The Morgan fingerprint density at radius 1 is 1.15 bits per heavy atom. The van der Waals surface area contributed by atoms with E-state index in [1.54, 1.807) is 12.1 Å². The lowest BCUT2D eigenvalue weighted by molar-refractivity contribution is -0.0925. The van der Waals surface area contributed by atoms with E-state index in [2.05, 4.69) is 23.7 Å². The summed E-state index contributed by atoms with van der Waals surface area (Å²) < 4.78 is 37.6. The van der Waals surface area contributed by atoms with Crippen LogP contribution in [-0.4, -0.2) is 30.0 Å². The van der Waals surface area contributed by atoms with Gasteiger partial charge in [0.1, 0.15) is 5.70 Å². The number of aromatic nitrogens is 1. The SMILES string of the molecule is CCN(CC)c1cccc(-c2ccnc(C(=N)/C=C(\N)C(F)(F)F)c2)c1. The van der Waals surface area contributed by atoms with Crippen molar-refractivity contribution in [3.63, 3.8) is 0 Å². The maximum Gasteiger partial charge on any atom is 0.430 e. The van der Waals surface area contributed by atoms with Crippen molar-refractivity contribution in [2.45, 2.75) is 20.0 Å². The molecule has 3 N–H and O–H groups in total. The quantitative estimate of drug-likeness (QED) is 0.750. The minimum absolute atomic E-state index is 0.128. The van der Waals surface area contributed by atoms with Crippen LogP contribution in [0.25, 0.3) is 11.1 Å². The van der Waals surface area contributed by atoms with Crippen molar-refractivity contribution in [3.8, 4) is 11.1 Å². The molecule has 1 aromatic carbocycles. The number of nitrogens with zero attached hydrogens (tertiary/aromatic N) is 2. The lowest BCUT2D eigenvalue weighted by Gasteiger charge is -2.21. The third-order valence-electron chi connectivity index (χ3n) is 3.97. The number of pyridine rings is 1. The van der Waals surface area contributed by atoms with Gasteiger partial charge in [-0.3, -0.25) is 10.4 Å². The molecular weight excluding hydrogens is 341 g/mol. The van der Waals surface area contributed by atoms with Gasteiger partial charge >= 0.3 is 6.18 Å². The fourth-order valence-electron chi connectivity index (χ4n) is 2.54. The monoisotopic (exact) mass is 362 g/mol. The summed E-state index contributed by atoms with van der Waals surface area (Å²) in [4.78, 5) is 6.18. The van der Waals surface area contributed by atoms with Crippen LogP contribution in [0.4, 0.5) is 18.9 Å². The molecule has 4 nitrogen and oxygen atoms in total. The molecule has 2 aromatic rings. The molecule has 0 amide bonds. The molecular formula is C19H21F3N4. The first kappa shape index (κ1) is 19.5. The second kappa shape index (κ2) is 8.03. The maximum atomic E-state index is 12.5. The Kier molecular flexibility index (Phi) is 6.02. The van der Waals surface area contributed by atoms with Gasteiger partial charge in [-0.2, -0.15) is 13.2 Å². The van der Waals surface area contributed by atoms with Crippen LogP contribution in [0.2, 0.25) is 0 Å². The van der Waals surface area contributed by atoms with Crippen LogP contribution in [-0.2, 0) is 0 Å². The highest BCUT2D eigenvalue weighted by Crippen LogP contribution is 2.26. The Hall–Kier alpha value is -2.83. The Morgan fingerprint density at radius 2 is 1.81 bits per heavy atom. The number of rotatable bonds is 6. The second-order valence-electron chi connectivity index (χ2n) is 5.66. The van der Waals surface area contributed by atoms with Crippen molar-refractivity contribution < 1.29 is 13.2 Å². The van der Waals surface area contributed by atoms with Gasteiger partial charge in [-0.05, 0) is 55.3 Å². The molecule has 0 aliphatic rings. The predicted octanol–water partition coefficient (Wildman–Crippen LogP) is 4.37. The molecule has 1 heterocycles. The molecule has 7 heteroatoms.